The highest BCUT2D eigenvalue weighted by Gasteiger charge is 2.23. The first-order valence-electron chi connectivity index (χ1n) is 3.77. The molecule has 1 heterocycles. The van der Waals surface area contributed by atoms with E-state index in [4.69, 9.17) is 9.84 Å². The van der Waals surface area contributed by atoms with Crippen molar-refractivity contribution >= 4 is 0 Å². The van der Waals surface area contributed by atoms with Crippen molar-refractivity contribution in [2.75, 3.05) is 20.2 Å². The number of nitrogens with one attached hydrogen (secondary N) is 1. The van der Waals surface area contributed by atoms with Crippen molar-refractivity contribution < 1.29 is 9.84 Å². The van der Waals surface area contributed by atoms with E-state index in [0.717, 1.165) is 19.4 Å². The normalized spacial score (nSPS) is 33.0. The molecule has 0 amide bonds. The quantitative estimate of drug-likeness (QED) is 0.575. The van der Waals surface area contributed by atoms with E-state index in [1.54, 1.807) is 0 Å². The van der Waals surface area contributed by atoms with Crippen LogP contribution in [-0.2, 0) is 4.74 Å². The average Bonchev–Trinajstić information content (AvgIpc) is 2.37. The van der Waals surface area contributed by atoms with E-state index < -0.39 is 0 Å². The van der Waals surface area contributed by atoms with Crippen LogP contribution in [0.1, 0.15) is 12.8 Å². The van der Waals surface area contributed by atoms with E-state index in [1.807, 2.05) is 7.05 Å². The van der Waals surface area contributed by atoms with Gasteiger partial charge < -0.3 is 15.2 Å². The smallest absolute Gasteiger partial charge is 0.0811 e. The van der Waals surface area contributed by atoms with Crippen molar-refractivity contribution in [3.05, 3.63) is 0 Å². The van der Waals surface area contributed by atoms with Crippen LogP contribution in [-0.4, -0.2) is 37.5 Å². The van der Waals surface area contributed by atoms with Crippen molar-refractivity contribution in [3.8, 4) is 0 Å². The lowest BCUT2D eigenvalue weighted by Crippen LogP contribution is -2.24. The molecule has 1 fully saturated rings. The molecule has 3 nitrogen and oxygen atoms in total. The van der Waals surface area contributed by atoms with Gasteiger partial charge in [-0.2, -0.15) is 0 Å². The van der Waals surface area contributed by atoms with Crippen LogP contribution in [0, 0.1) is 0 Å². The van der Waals surface area contributed by atoms with E-state index in [0.29, 0.717) is 6.10 Å². The molecule has 2 atom stereocenters. The molecule has 10 heavy (non-hydrogen) atoms. The SMILES string of the molecule is CNCC1CCC(CO)O1. The number of ether oxygens (including phenoxy) is 1. The Morgan fingerprint density at radius 1 is 1.50 bits per heavy atom. The Kier molecular flexibility index (Phi) is 3.12. The van der Waals surface area contributed by atoms with Gasteiger partial charge in [0.15, 0.2) is 0 Å². The molecular formula is C7H15NO2. The highest BCUT2D eigenvalue weighted by Crippen LogP contribution is 2.17. The topological polar surface area (TPSA) is 41.5 Å². The van der Waals surface area contributed by atoms with Gasteiger partial charge in [-0.25, -0.2) is 0 Å². The summed E-state index contributed by atoms with van der Waals surface area (Å²) in [5, 5.41) is 11.8. The lowest BCUT2D eigenvalue weighted by molar-refractivity contribution is 0.0131. The zero-order valence-electron chi connectivity index (χ0n) is 6.34. The predicted molar refractivity (Wildman–Crippen MR) is 38.9 cm³/mol. The minimum atomic E-state index is 0.0957. The number of aliphatic hydroxyl groups is 1. The van der Waals surface area contributed by atoms with Crippen LogP contribution >= 0.6 is 0 Å². The molecule has 1 rings (SSSR count). The van der Waals surface area contributed by atoms with Crippen molar-refractivity contribution in [1.82, 2.24) is 5.32 Å². The molecular weight excluding hydrogens is 130 g/mol. The first kappa shape index (κ1) is 7.98. The van der Waals surface area contributed by atoms with Gasteiger partial charge in [0.2, 0.25) is 0 Å². The molecule has 1 aliphatic heterocycles. The molecule has 0 aromatic rings. The molecule has 0 spiro atoms. The van der Waals surface area contributed by atoms with Gasteiger partial charge in [0, 0.05) is 6.54 Å². The highest BCUT2D eigenvalue weighted by molar-refractivity contribution is 4.73. The summed E-state index contributed by atoms with van der Waals surface area (Å²) >= 11 is 0. The van der Waals surface area contributed by atoms with Crippen LogP contribution in [0.2, 0.25) is 0 Å². The zero-order chi connectivity index (χ0) is 7.40. The second-order valence-corrected chi connectivity index (χ2v) is 2.70. The Balaban J connectivity index is 2.15. The van der Waals surface area contributed by atoms with Gasteiger partial charge in [-0.1, -0.05) is 0 Å². The Bertz CT molecular complexity index is 97.6. The summed E-state index contributed by atoms with van der Waals surface area (Å²) in [5.74, 6) is 0. The molecule has 60 valence electrons. The fraction of sp³-hybridized carbons (Fsp3) is 1.00. The van der Waals surface area contributed by atoms with Gasteiger partial charge in [-0.3, -0.25) is 0 Å². The number of likely N-dealkylation sites (N-methyl/N-ethyl adjacent to an activating group) is 1. The molecule has 0 aliphatic carbocycles. The van der Waals surface area contributed by atoms with Crippen LogP contribution in [0.5, 0.6) is 0 Å². The summed E-state index contributed by atoms with van der Waals surface area (Å²) in [6.07, 6.45) is 2.50. The molecule has 2 N–H and O–H groups in total. The Hall–Kier alpha value is -0.120. The maximum Gasteiger partial charge on any atom is 0.0811 e. The number of rotatable bonds is 3. The minimum absolute atomic E-state index is 0.0957. The zero-order valence-corrected chi connectivity index (χ0v) is 6.34. The number of hydrogen-bond acceptors (Lipinski definition) is 3. The summed E-state index contributed by atoms with van der Waals surface area (Å²) in [4.78, 5) is 0. The van der Waals surface area contributed by atoms with Crippen molar-refractivity contribution in [2.24, 2.45) is 0 Å². The average molecular weight is 145 g/mol. The third-order valence-electron chi connectivity index (χ3n) is 1.83. The molecule has 0 saturated carbocycles. The standard InChI is InChI=1S/C7H15NO2/c1-8-4-6-2-3-7(5-9)10-6/h6-9H,2-5H2,1H3. The van der Waals surface area contributed by atoms with Crippen LogP contribution in [0.3, 0.4) is 0 Å². The largest absolute Gasteiger partial charge is 0.394 e. The van der Waals surface area contributed by atoms with Crippen LogP contribution in [0.15, 0.2) is 0 Å². The molecule has 3 heteroatoms. The third kappa shape index (κ3) is 1.94. The Morgan fingerprint density at radius 3 is 2.70 bits per heavy atom. The molecule has 1 aliphatic rings. The van der Waals surface area contributed by atoms with Crippen LogP contribution < -0.4 is 5.32 Å². The number of aliphatic hydroxyl groups excluding tert-OH is 1. The summed E-state index contributed by atoms with van der Waals surface area (Å²) in [6, 6.07) is 0. The predicted octanol–water partition coefficient (Wildman–Crippen LogP) is -0.254. The first-order chi connectivity index (χ1) is 4.86. The van der Waals surface area contributed by atoms with Gasteiger partial charge in [-0.05, 0) is 19.9 Å². The molecule has 0 aromatic heterocycles. The summed E-state index contributed by atoms with van der Waals surface area (Å²) < 4.78 is 5.44. The fourth-order valence-corrected chi connectivity index (χ4v) is 1.29. The lowest BCUT2D eigenvalue weighted by atomic mass is 10.2. The summed E-state index contributed by atoms with van der Waals surface area (Å²) in [5.41, 5.74) is 0. The molecule has 2 unspecified atom stereocenters. The molecule has 0 radical (unpaired) electrons. The number of hydrogen-bond donors (Lipinski definition) is 2. The lowest BCUT2D eigenvalue weighted by Gasteiger charge is -2.10. The van der Waals surface area contributed by atoms with Gasteiger partial charge in [0.05, 0.1) is 18.8 Å². The maximum absolute atomic E-state index is 8.71. The van der Waals surface area contributed by atoms with Gasteiger partial charge in [0.25, 0.3) is 0 Å². The van der Waals surface area contributed by atoms with E-state index in [-0.39, 0.29) is 12.7 Å². The van der Waals surface area contributed by atoms with Crippen LogP contribution in [0.4, 0.5) is 0 Å². The molecule has 0 bridgehead atoms. The summed E-state index contributed by atoms with van der Waals surface area (Å²) in [7, 11) is 1.91. The van der Waals surface area contributed by atoms with E-state index in [2.05, 4.69) is 5.32 Å². The maximum atomic E-state index is 8.71. The third-order valence-corrected chi connectivity index (χ3v) is 1.83. The first-order valence-corrected chi connectivity index (χ1v) is 3.77. The second-order valence-electron chi connectivity index (χ2n) is 2.70. The van der Waals surface area contributed by atoms with E-state index >= 15 is 0 Å². The Morgan fingerprint density at radius 2 is 2.20 bits per heavy atom. The van der Waals surface area contributed by atoms with Gasteiger partial charge >= 0.3 is 0 Å². The van der Waals surface area contributed by atoms with Crippen molar-refractivity contribution in [3.63, 3.8) is 0 Å². The van der Waals surface area contributed by atoms with Crippen LogP contribution in [0.25, 0.3) is 0 Å². The minimum Gasteiger partial charge on any atom is -0.394 e. The fourth-order valence-electron chi connectivity index (χ4n) is 1.29. The monoisotopic (exact) mass is 145 g/mol. The molecule has 0 aromatic carbocycles. The van der Waals surface area contributed by atoms with Crippen molar-refractivity contribution in [1.29, 1.82) is 0 Å². The second kappa shape index (κ2) is 3.91. The van der Waals surface area contributed by atoms with Gasteiger partial charge in [-0.15, -0.1) is 0 Å². The Labute approximate surface area is 61.4 Å². The van der Waals surface area contributed by atoms with Gasteiger partial charge in [0.1, 0.15) is 0 Å². The van der Waals surface area contributed by atoms with E-state index in [9.17, 15) is 0 Å². The highest BCUT2D eigenvalue weighted by atomic mass is 16.5. The van der Waals surface area contributed by atoms with Crippen molar-refractivity contribution in [2.45, 2.75) is 25.0 Å². The van der Waals surface area contributed by atoms with E-state index in [1.165, 1.54) is 0 Å². The summed E-state index contributed by atoms with van der Waals surface area (Å²) in [6.45, 7) is 1.07. The molecule has 1 saturated heterocycles.